The topological polar surface area (TPSA) is 73.3 Å². The standard InChI is InChI=1S/C18H21N3O/c1-13(18(22)15-6-4-3-5-7-15)21(2)17(12-19)14-8-10-16(20)11-9-14/h3-11,13,17-18,22H,20H2,1-2H3/t13-,17?,18+/m1/s1. The fraction of sp³-hybridized carbons (Fsp3) is 0.278. The molecule has 3 atom stereocenters. The average molecular weight is 295 g/mol. The summed E-state index contributed by atoms with van der Waals surface area (Å²) >= 11 is 0. The van der Waals surface area contributed by atoms with Crippen LogP contribution in [-0.2, 0) is 0 Å². The van der Waals surface area contributed by atoms with E-state index in [1.54, 1.807) is 12.1 Å². The summed E-state index contributed by atoms with van der Waals surface area (Å²) in [5.74, 6) is 0. The fourth-order valence-corrected chi connectivity index (χ4v) is 2.47. The largest absolute Gasteiger partial charge is 0.399 e. The van der Waals surface area contributed by atoms with Gasteiger partial charge < -0.3 is 10.8 Å². The molecule has 0 spiro atoms. The zero-order chi connectivity index (χ0) is 16.1. The third-order valence-electron chi connectivity index (χ3n) is 4.02. The van der Waals surface area contributed by atoms with Crippen molar-refractivity contribution < 1.29 is 5.11 Å². The van der Waals surface area contributed by atoms with Crippen molar-refractivity contribution in [2.45, 2.75) is 25.1 Å². The van der Waals surface area contributed by atoms with Crippen LogP contribution in [0.1, 0.15) is 30.2 Å². The zero-order valence-corrected chi connectivity index (χ0v) is 12.8. The van der Waals surface area contributed by atoms with E-state index in [9.17, 15) is 10.4 Å². The van der Waals surface area contributed by atoms with Crippen molar-refractivity contribution in [2.24, 2.45) is 0 Å². The Bertz CT molecular complexity index is 634. The lowest BCUT2D eigenvalue weighted by Crippen LogP contribution is -2.36. The van der Waals surface area contributed by atoms with Gasteiger partial charge in [-0.1, -0.05) is 42.5 Å². The van der Waals surface area contributed by atoms with Crippen molar-refractivity contribution in [3.8, 4) is 6.07 Å². The number of nitrogens with zero attached hydrogens (tertiary/aromatic N) is 2. The van der Waals surface area contributed by atoms with E-state index in [4.69, 9.17) is 5.73 Å². The van der Waals surface area contributed by atoms with Crippen LogP contribution in [0, 0.1) is 11.3 Å². The zero-order valence-electron chi connectivity index (χ0n) is 12.8. The van der Waals surface area contributed by atoms with E-state index < -0.39 is 12.1 Å². The molecular formula is C18H21N3O. The minimum atomic E-state index is -0.657. The maximum Gasteiger partial charge on any atom is 0.123 e. The molecule has 2 aromatic rings. The SMILES string of the molecule is C[C@H]([C@H](O)c1ccccc1)N(C)C(C#N)c1ccc(N)cc1. The molecule has 0 saturated carbocycles. The van der Waals surface area contributed by atoms with E-state index in [2.05, 4.69) is 6.07 Å². The minimum Gasteiger partial charge on any atom is -0.399 e. The Morgan fingerprint density at radius 2 is 1.64 bits per heavy atom. The number of likely N-dealkylation sites (N-methyl/N-ethyl adjacent to an activating group) is 1. The third kappa shape index (κ3) is 3.45. The second-order valence-electron chi connectivity index (χ2n) is 5.46. The molecule has 4 nitrogen and oxygen atoms in total. The molecule has 0 fully saturated rings. The predicted molar refractivity (Wildman–Crippen MR) is 87.8 cm³/mol. The summed E-state index contributed by atoms with van der Waals surface area (Å²) in [7, 11) is 1.85. The Morgan fingerprint density at radius 3 is 2.18 bits per heavy atom. The Balaban J connectivity index is 2.19. The van der Waals surface area contributed by atoms with E-state index in [1.807, 2.05) is 61.3 Å². The number of nitrogen functional groups attached to an aromatic ring is 1. The van der Waals surface area contributed by atoms with E-state index >= 15 is 0 Å². The lowest BCUT2D eigenvalue weighted by atomic mass is 9.99. The molecule has 0 aliphatic rings. The van der Waals surface area contributed by atoms with E-state index in [0.717, 1.165) is 11.1 Å². The fourth-order valence-electron chi connectivity index (χ4n) is 2.47. The lowest BCUT2D eigenvalue weighted by Gasteiger charge is -2.32. The highest BCUT2D eigenvalue weighted by atomic mass is 16.3. The van der Waals surface area contributed by atoms with Crippen molar-refractivity contribution in [3.05, 3.63) is 65.7 Å². The van der Waals surface area contributed by atoms with Gasteiger partial charge in [-0.3, -0.25) is 4.90 Å². The van der Waals surface area contributed by atoms with Crippen molar-refractivity contribution in [1.82, 2.24) is 4.90 Å². The second-order valence-corrected chi connectivity index (χ2v) is 5.46. The number of rotatable bonds is 5. The van der Waals surface area contributed by atoms with Crippen molar-refractivity contribution in [3.63, 3.8) is 0 Å². The maximum atomic E-state index is 10.5. The number of aliphatic hydroxyl groups excluding tert-OH is 1. The molecule has 0 heterocycles. The summed E-state index contributed by atoms with van der Waals surface area (Å²) in [5.41, 5.74) is 8.07. The molecular weight excluding hydrogens is 274 g/mol. The number of aliphatic hydroxyl groups is 1. The van der Waals surface area contributed by atoms with Gasteiger partial charge in [0.1, 0.15) is 6.04 Å². The molecule has 0 aromatic heterocycles. The highest BCUT2D eigenvalue weighted by molar-refractivity contribution is 5.41. The van der Waals surface area contributed by atoms with Crippen LogP contribution in [0.3, 0.4) is 0 Å². The Hall–Kier alpha value is -2.35. The molecule has 114 valence electrons. The molecule has 0 aliphatic heterocycles. The molecule has 0 bridgehead atoms. The van der Waals surface area contributed by atoms with Gasteiger partial charge in [-0.2, -0.15) is 5.26 Å². The summed E-state index contributed by atoms with van der Waals surface area (Å²) in [6.45, 7) is 1.92. The van der Waals surface area contributed by atoms with Gasteiger partial charge in [0, 0.05) is 11.7 Å². The van der Waals surface area contributed by atoms with Crippen LogP contribution in [0.25, 0.3) is 0 Å². The molecule has 0 saturated heterocycles. The summed E-state index contributed by atoms with van der Waals surface area (Å²) in [4.78, 5) is 1.88. The molecule has 1 unspecified atom stereocenters. The first-order chi connectivity index (χ1) is 10.5. The van der Waals surface area contributed by atoms with Gasteiger partial charge in [0.15, 0.2) is 0 Å². The molecule has 0 aliphatic carbocycles. The summed E-state index contributed by atoms with van der Waals surface area (Å²) in [5, 5.41) is 20.0. The Morgan fingerprint density at radius 1 is 1.05 bits per heavy atom. The molecule has 0 radical (unpaired) electrons. The molecule has 2 aromatic carbocycles. The number of nitrogens with two attached hydrogens (primary N) is 1. The van der Waals surface area contributed by atoms with Gasteiger partial charge in [0.05, 0.1) is 12.2 Å². The Kier molecular flexibility index (Phi) is 5.16. The monoisotopic (exact) mass is 295 g/mol. The summed E-state index contributed by atoms with van der Waals surface area (Å²) in [6.07, 6.45) is -0.657. The number of benzene rings is 2. The van der Waals surface area contributed by atoms with Crippen molar-refractivity contribution >= 4 is 5.69 Å². The molecule has 0 amide bonds. The van der Waals surface area contributed by atoms with Crippen LogP contribution in [0.4, 0.5) is 5.69 Å². The van der Waals surface area contributed by atoms with Gasteiger partial charge in [-0.15, -0.1) is 0 Å². The number of hydrogen-bond acceptors (Lipinski definition) is 4. The Labute approximate surface area is 131 Å². The quantitative estimate of drug-likeness (QED) is 0.832. The van der Waals surface area contributed by atoms with Crippen LogP contribution < -0.4 is 5.73 Å². The van der Waals surface area contributed by atoms with E-state index in [0.29, 0.717) is 5.69 Å². The highest BCUT2D eigenvalue weighted by Crippen LogP contribution is 2.27. The molecule has 3 N–H and O–H groups in total. The number of nitriles is 1. The molecule has 2 rings (SSSR count). The van der Waals surface area contributed by atoms with Gasteiger partial charge in [0.2, 0.25) is 0 Å². The normalized spacial score (nSPS) is 15.0. The number of anilines is 1. The van der Waals surface area contributed by atoms with Crippen LogP contribution in [0.15, 0.2) is 54.6 Å². The van der Waals surface area contributed by atoms with E-state index in [-0.39, 0.29) is 6.04 Å². The van der Waals surface area contributed by atoms with Gasteiger partial charge in [-0.05, 0) is 37.2 Å². The summed E-state index contributed by atoms with van der Waals surface area (Å²) in [6, 6.07) is 18.4. The van der Waals surface area contributed by atoms with Gasteiger partial charge in [0.25, 0.3) is 0 Å². The van der Waals surface area contributed by atoms with Crippen molar-refractivity contribution in [2.75, 3.05) is 12.8 Å². The van der Waals surface area contributed by atoms with Gasteiger partial charge >= 0.3 is 0 Å². The number of hydrogen-bond donors (Lipinski definition) is 2. The van der Waals surface area contributed by atoms with Crippen molar-refractivity contribution in [1.29, 1.82) is 5.26 Å². The minimum absolute atomic E-state index is 0.204. The predicted octanol–water partition coefficient (Wildman–Crippen LogP) is 2.89. The smallest absolute Gasteiger partial charge is 0.123 e. The van der Waals surface area contributed by atoms with Crippen LogP contribution in [0.2, 0.25) is 0 Å². The van der Waals surface area contributed by atoms with Crippen LogP contribution >= 0.6 is 0 Å². The highest BCUT2D eigenvalue weighted by Gasteiger charge is 2.27. The first-order valence-electron chi connectivity index (χ1n) is 7.24. The lowest BCUT2D eigenvalue weighted by molar-refractivity contribution is 0.0605. The van der Waals surface area contributed by atoms with E-state index in [1.165, 1.54) is 0 Å². The first-order valence-corrected chi connectivity index (χ1v) is 7.24. The first kappa shape index (κ1) is 16.0. The van der Waals surface area contributed by atoms with Crippen LogP contribution in [0.5, 0.6) is 0 Å². The average Bonchev–Trinajstić information content (AvgIpc) is 2.56. The molecule has 4 heteroatoms. The van der Waals surface area contributed by atoms with Gasteiger partial charge in [-0.25, -0.2) is 0 Å². The summed E-state index contributed by atoms with van der Waals surface area (Å²) < 4.78 is 0. The molecule has 22 heavy (non-hydrogen) atoms. The third-order valence-corrected chi connectivity index (χ3v) is 4.02. The van der Waals surface area contributed by atoms with Crippen LogP contribution in [-0.4, -0.2) is 23.1 Å². The maximum absolute atomic E-state index is 10.5. The second kappa shape index (κ2) is 7.08.